The summed E-state index contributed by atoms with van der Waals surface area (Å²) in [6.45, 7) is 9.76. The predicted octanol–water partition coefficient (Wildman–Crippen LogP) is 9.63. The van der Waals surface area contributed by atoms with Gasteiger partial charge < -0.3 is 29.7 Å². The van der Waals surface area contributed by atoms with Gasteiger partial charge in [-0.1, -0.05) is 84.4 Å². The molecule has 0 bridgehead atoms. The average Bonchev–Trinajstić information content (AvgIpc) is 3.38. The molecule has 5 aliphatic rings. The smallest absolute Gasteiger partial charge is 0.358 e. The molecule has 0 nitrogen and oxygen atoms in total. The molecule has 4 aliphatic carbocycles. The van der Waals surface area contributed by atoms with E-state index in [0.717, 1.165) is 34.8 Å². The second-order valence-corrected chi connectivity index (χ2v) is 15.7. The second-order valence-electron chi connectivity index (χ2n) is 10.7. The van der Waals surface area contributed by atoms with E-state index < -0.39 is 8.07 Å². The number of hydrogen-bond acceptors (Lipinski definition) is 0. The summed E-state index contributed by atoms with van der Waals surface area (Å²) in [6.07, 6.45) is 19.0. The summed E-state index contributed by atoms with van der Waals surface area (Å²) in [5.41, 5.74) is 8.99. The Hall–Kier alpha value is 0.0470. The Morgan fingerprint density at radius 1 is 0.562 bits per heavy atom. The SMILES string of the molecule is CC1=CC=C(C)C2C1CCC2[Si]1(C2CCC3C(C)=CC=C(C)C32)CCCC1.[CH3-].[CH3-].[CH3-].[CH3-].[Hf+4]. The molecular weight excluding hydrogens is 567 g/mol. The third-order valence-electron chi connectivity index (χ3n) is 9.76. The Morgan fingerprint density at radius 3 is 1.28 bits per heavy atom. The molecule has 0 aromatic heterocycles. The first-order valence-electron chi connectivity index (χ1n) is 11.7. The van der Waals surface area contributed by atoms with E-state index in [0.29, 0.717) is 0 Å². The molecule has 178 valence electrons. The van der Waals surface area contributed by atoms with Gasteiger partial charge in [-0.05, 0) is 75.3 Å². The van der Waals surface area contributed by atoms with Crippen LogP contribution < -0.4 is 0 Å². The maximum absolute atomic E-state index is 2.49. The molecule has 2 saturated carbocycles. The predicted molar refractivity (Wildman–Crippen MR) is 145 cm³/mol. The van der Waals surface area contributed by atoms with Crippen LogP contribution in [0.3, 0.4) is 0 Å². The Balaban J connectivity index is 0.00000192. The maximum Gasteiger partial charge on any atom is 4.00 e. The van der Waals surface area contributed by atoms with Crippen molar-refractivity contribution in [2.24, 2.45) is 23.7 Å². The van der Waals surface area contributed by atoms with E-state index in [1.807, 2.05) is 0 Å². The van der Waals surface area contributed by atoms with Gasteiger partial charge in [-0.15, -0.1) is 0 Å². The van der Waals surface area contributed by atoms with Crippen LogP contribution in [0.4, 0.5) is 0 Å². The number of fused-ring (bicyclic) bond motifs is 2. The van der Waals surface area contributed by atoms with Gasteiger partial charge in [-0.3, -0.25) is 0 Å². The third kappa shape index (κ3) is 4.75. The summed E-state index contributed by atoms with van der Waals surface area (Å²) in [4.78, 5) is 0. The molecule has 6 atom stereocenters. The van der Waals surface area contributed by atoms with E-state index in [2.05, 4.69) is 52.0 Å². The van der Waals surface area contributed by atoms with Gasteiger partial charge in [0, 0.05) is 0 Å². The molecule has 0 radical (unpaired) electrons. The van der Waals surface area contributed by atoms with Crippen LogP contribution in [0.5, 0.6) is 0 Å². The molecule has 0 amide bonds. The second kappa shape index (κ2) is 12.1. The molecule has 3 fully saturated rings. The van der Waals surface area contributed by atoms with Crippen LogP contribution in [0, 0.1) is 53.4 Å². The Kier molecular flexibility index (Phi) is 12.2. The molecule has 2 heteroatoms. The minimum Gasteiger partial charge on any atom is -0.358 e. The van der Waals surface area contributed by atoms with Crippen molar-refractivity contribution in [2.45, 2.75) is 89.4 Å². The molecule has 0 N–H and O–H groups in total. The number of allylic oxidation sites excluding steroid dienone is 8. The van der Waals surface area contributed by atoms with Gasteiger partial charge in [0.1, 0.15) is 0 Å². The van der Waals surface area contributed by atoms with Gasteiger partial charge in [0.2, 0.25) is 0 Å². The van der Waals surface area contributed by atoms with Crippen molar-refractivity contribution >= 4 is 8.07 Å². The summed E-state index contributed by atoms with van der Waals surface area (Å²) >= 11 is 0. The van der Waals surface area contributed by atoms with Gasteiger partial charge >= 0.3 is 25.8 Å². The topological polar surface area (TPSA) is 0 Å². The molecular formula is C30H50HfSi. The van der Waals surface area contributed by atoms with E-state index in [1.54, 1.807) is 60.1 Å². The van der Waals surface area contributed by atoms with Crippen LogP contribution in [-0.4, -0.2) is 8.07 Å². The van der Waals surface area contributed by atoms with Crippen molar-refractivity contribution in [3.8, 4) is 0 Å². The molecule has 0 aromatic carbocycles. The molecule has 0 aromatic rings. The minimum absolute atomic E-state index is 0. The zero-order valence-electron chi connectivity index (χ0n) is 22.4. The minimum atomic E-state index is -1.26. The van der Waals surface area contributed by atoms with Crippen LogP contribution in [-0.2, 0) is 25.8 Å². The summed E-state index contributed by atoms with van der Waals surface area (Å²) in [5, 5.41) is 0. The Morgan fingerprint density at radius 2 is 0.906 bits per heavy atom. The standard InChI is InChI=1S/C26H38Si.4CH3.Hf/c1-17-7-9-19(3)25-21(17)11-13-23(25)27(15-5-6-16-27)24-14-12-22-18(2)8-10-20(4)26(22)24;;;;;/h7-10,21-26H,5-6,11-16H2,1-4H3;4*1H3;/q;4*-1;+4. The van der Waals surface area contributed by atoms with E-state index in [4.69, 9.17) is 0 Å². The Bertz CT molecular complexity index is 691. The molecule has 1 aliphatic heterocycles. The fourth-order valence-electron chi connectivity index (χ4n) is 8.62. The van der Waals surface area contributed by atoms with Crippen molar-refractivity contribution in [3.05, 3.63) is 76.3 Å². The van der Waals surface area contributed by atoms with Crippen molar-refractivity contribution in [2.75, 3.05) is 0 Å². The Labute approximate surface area is 222 Å². The first-order chi connectivity index (χ1) is 13.0. The van der Waals surface area contributed by atoms with E-state index >= 15 is 0 Å². The average molecular weight is 617 g/mol. The van der Waals surface area contributed by atoms with Crippen molar-refractivity contribution in [3.63, 3.8) is 0 Å². The van der Waals surface area contributed by atoms with Crippen LogP contribution in [0.25, 0.3) is 0 Å². The third-order valence-corrected chi connectivity index (χ3v) is 16.6. The monoisotopic (exact) mass is 618 g/mol. The van der Waals surface area contributed by atoms with E-state index in [-0.39, 0.29) is 55.5 Å². The molecule has 6 unspecified atom stereocenters. The van der Waals surface area contributed by atoms with Crippen molar-refractivity contribution in [1.82, 2.24) is 0 Å². The zero-order chi connectivity index (χ0) is 18.8. The maximum atomic E-state index is 2.49. The number of hydrogen-bond donors (Lipinski definition) is 0. The number of rotatable bonds is 2. The largest absolute Gasteiger partial charge is 4.00 e. The fourth-order valence-corrected chi connectivity index (χ4v) is 16.6. The van der Waals surface area contributed by atoms with Gasteiger partial charge in [-0.25, -0.2) is 0 Å². The van der Waals surface area contributed by atoms with Crippen LogP contribution in [0.1, 0.15) is 66.2 Å². The normalized spacial score (nSPS) is 36.1. The fraction of sp³-hybridized carbons (Fsp3) is 0.600. The van der Waals surface area contributed by atoms with Crippen LogP contribution >= 0.6 is 0 Å². The van der Waals surface area contributed by atoms with Gasteiger partial charge in [0.25, 0.3) is 0 Å². The quantitative estimate of drug-likeness (QED) is 0.214. The molecule has 5 rings (SSSR count). The molecule has 1 saturated heterocycles. The van der Waals surface area contributed by atoms with Crippen molar-refractivity contribution < 1.29 is 25.8 Å². The molecule has 32 heavy (non-hydrogen) atoms. The van der Waals surface area contributed by atoms with E-state index in [1.165, 1.54) is 12.8 Å². The van der Waals surface area contributed by atoms with Gasteiger partial charge in [0.05, 0.1) is 8.07 Å². The molecule has 1 heterocycles. The first kappa shape index (κ1) is 32.0. The first-order valence-corrected chi connectivity index (χ1v) is 14.3. The summed E-state index contributed by atoms with van der Waals surface area (Å²) in [5.74, 6) is 3.57. The molecule has 0 spiro atoms. The van der Waals surface area contributed by atoms with Crippen molar-refractivity contribution in [1.29, 1.82) is 0 Å². The van der Waals surface area contributed by atoms with Gasteiger partial charge in [0.15, 0.2) is 0 Å². The van der Waals surface area contributed by atoms with Gasteiger partial charge in [-0.2, -0.15) is 0 Å². The van der Waals surface area contributed by atoms with Crippen LogP contribution in [0.15, 0.2) is 46.6 Å². The summed E-state index contributed by atoms with van der Waals surface area (Å²) in [7, 11) is -1.26. The zero-order valence-corrected chi connectivity index (χ0v) is 27.0. The summed E-state index contributed by atoms with van der Waals surface area (Å²) < 4.78 is 0. The van der Waals surface area contributed by atoms with E-state index in [9.17, 15) is 0 Å². The summed E-state index contributed by atoms with van der Waals surface area (Å²) in [6, 6.07) is 3.31. The van der Waals surface area contributed by atoms with Crippen LogP contribution in [0.2, 0.25) is 23.2 Å².